The fraction of sp³-hybridized carbons (Fsp3) is 0.185. The lowest BCUT2D eigenvalue weighted by atomic mass is 10.2. The van der Waals surface area contributed by atoms with Crippen LogP contribution in [0.15, 0.2) is 89.4 Å². The van der Waals surface area contributed by atoms with Crippen LogP contribution in [0.3, 0.4) is 0 Å². The van der Waals surface area contributed by atoms with Crippen molar-refractivity contribution in [3.63, 3.8) is 0 Å². The molecule has 1 N–H and O–H groups in total. The minimum absolute atomic E-state index is 0.00315. The van der Waals surface area contributed by atoms with Crippen LogP contribution in [0.25, 0.3) is 0 Å². The molecule has 0 unspecified atom stereocenters. The molecule has 0 aromatic heterocycles. The Kier molecular flexibility index (Phi) is 9.53. The Morgan fingerprint density at radius 3 is 2.51 bits per heavy atom. The molecule has 0 aliphatic carbocycles. The number of sulfonamides is 1. The quantitative estimate of drug-likeness (QED) is 0.219. The zero-order valence-electron chi connectivity index (χ0n) is 20.6. The molecule has 0 aliphatic rings. The minimum Gasteiger partial charge on any atom is -0.493 e. The van der Waals surface area contributed by atoms with Crippen LogP contribution < -0.4 is 14.9 Å². The topological polar surface area (TPSA) is 97.3 Å². The molecule has 37 heavy (non-hydrogen) atoms. The SMILES string of the molecule is C=CCOc1ccc(/C=N\NC(=O)CN(Cc2ccccc2F)S(=O)(=O)c2ccc(C)cc2)cc1OC. The lowest BCUT2D eigenvalue weighted by Crippen LogP contribution is -2.39. The maximum absolute atomic E-state index is 14.3. The number of carbonyl (C=O) groups excluding carboxylic acids is 1. The third kappa shape index (κ3) is 7.48. The molecule has 3 aromatic carbocycles. The van der Waals surface area contributed by atoms with Crippen molar-refractivity contribution in [1.29, 1.82) is 0 Å². The van der Waals surface area contributed by atoms with Crippen molar-refractivity contribution >= 4 is 22.1 Å². The Morgan fingerprint density at radius 2 is 1.84 bits per heavy atom. The number of hydrazone groups is 1. The van der Waals surface area contributed by atoms with Crippen LogP contribution in [-0.4, -0.2) is 45.1 Å². The maximum Gasteiger partial charge on any atom is 0.255 e. The molecule has 0 radical (unpaired) electrons. The van der Waals surface area contributed by atoms with E-state index in [0.717, 1.165) is 9.87 Å². The highest BCUT2D eigenvalue weighted by molar-refractivity contribution is 7.89. The highest BCUT2D eigenvalue weighted by Crippen LogP contribution is 2.27. The van der Waals surface area contributed by atoms with Crippen LogP contribution in [0.1, 0.15) is 16.7 Å². The van der Waals surface area contributed by atoms with Gasteiger partial charge in [-0.2, -0.15) is 9.41 Å². The number of nitrogens with one attached hydrogen (secondary N) is 1. The zero-order chi connectivity index (χ0) is 26.8. The molecule has 0 spiro atoms. The van der Waals surface area contributed by atoms with E-state index in [9.17, 15) is 17.6 Å². The third-order valence-electron chi connectivity index (χ3n) is 5.23. The van der Waals surface area contributed by atoms with Gasteiger partial charge < -0.3 is 9.47 Å². The van der Waals surface area contributed by atoms with Crippen LogP contribution in [0.2, 0.25) is 0 Å². The fourth-order valence-corrected chi connectivity index (χ4v) is 4.68. The van der Waals surface area contributed by atoms with Crippen molar-refractivity contribution in [3.8, 4) is 11.5 Å². The first-order valence-electron chi connectivity index (χ1n) is 11.3. The summed E-state index contributed by atoms with van der Waals surface area (Å²) < 4.78 is 52.7. The lowest BCUT2D eigenvalue weighted by Gasteiger charge is -2.22. The van der Waals surface area contributed by atoms with Gasteiger partial charge >= 0.3 is 0 Å². The Morgan fingerprint density at radius 1 is 1.11 bits per heavy atom. The number of methoxy groups -OCH3 is 1. The van der Waals surface area contributed by atoms with Crippen molar-refractivity contribution in [3.05, 3.63) is 102 Å². The van der Waals surface area contributed by atoms with Gasteiger partial charge in [-0.25, -0.2) is 18.2 Å². The summed E-state index contributed by atoms with van der Waals surface area (Å²) in [6, 6.07) is 17.1. The molecule has 0 fully saturated rings. The molecule has 1 amide bonds. The number of hydrogen-bond acceptors (Lipinski definition) is 6. The number of ether oxygens (including phenoxy) is 2. The van der Waals surface area contributed by atoms with Gasteiger partial charge in [-0.1, -0.05) is 48.6 Å². The molecule has 3 aromatic rings. The second-order valence-corrected chi connectivity index (χ2v) is 9.92. The van der Waals surface area contributed by atoms with Crippen LogP contribution in [-0.2, 0) is 21.4 Å². The van der Waals surface area contributed by atoms with Gasteiger partial charge in [0.15, 0.2) is 11.5 Å². The summed E-state index contributed by atoms with van der Waals surface area (Å²) in [6.45, 7) is 4.85. The third-order valence-corrected chi connectivity index (χ3v) is 7.04. The number of halogens is 1. The van der Waals surface area contributed by atoms with Crippen molar-refractivity contribution in [1.82, 2.24) is 9.73 Å². The number of amides is 1. The van der Waals surface area contributed by atoms with Crippen LogP contribution in [0, 0.1) is 12.7 Å². The highest BCUT2D eigenvalue weighted by Gasteiger charge is 2.27. The van der Waals surface area contributed by atoms with Crippen LogP contribution in [0.4, 0.5) is 4.39 Å². The second kappa shape index (κ2) is 12.8. The van der Waals surface area contributed by atoms with E-state index in [1.165, 1.54) is 43.7 Å². The van der Waals surface area contributed by atoms with E-state index in [0.29, 0.717) is 23.7 Å². The first kappa shape index (κ1) is 27.6. The number of aryl methyl sites for hydroxylation is 1. The average Bonchev–Trinajstić information content (AvgIpc) is 2.88. The molecule has 0 saturated carbocycles. The highest BCUT2D eigenvalue weighted by atomic mass is 32.2. The molecule has 0 aliphatic heterocycles. The molecule has 194 valence electrons. The van der Waals surface area contributed by atoms with E-state index in [1.807, 2.05) is 6.92 Å². The molecule has 10 heteroatoms. The Balaban J connectivity index is 1.76. The number of nitrogens with zero attached hydrogens (tertiary/aromatic N) is 2. The van der Waals surface area contributed by atoms with Crippen molar-refractivity contribution < 1.29 is 27.1 Å². The Labute approximate surface area is 216 Å². The van der Waals surface area contributed by atoms with E-state index in [-0.39, 0.29) is 17.0 Å². The monoisotopic (exact) mass is 525 g/mol. The van der Waals surface area contributed by atoms with Gasteiger partial charge in [-0.05, 0) is 48.9 Å². The van der Waals surface area contributed by atoms with Gasteiger partial charge in [0.2, 0.25) is 10.0 Å². The summed E-state index contributed by atoms with van der Waals surface area (Å²) in [7, 11) is -2.61. The molecule has 0 saturated heterocycles. The minimum atomic E-state index is -4.11. The number of benzene rings is 3. The number of rotatable bonds is 12. The summed E-state index contributed by atoms with van der Waals surface area (Å²) in [6.07, 6.45) is 2.99. The van der Waals surface area contributed by atoms with E-state index in [1.54, 1.807) is 42.5 Å². The first-order valence-corrected chi connectivity index (χ1v) is 12.7. The zero-order valence-corrected chi connectivity index (χ0v) is 21.4. The smallest absolute Gasteiger partial charge is 0.255 e. The van der Waals surface area contributed by atoms with E-state index in [4.69, 9.17) is 9.47 Å². The summed E-state index contributed by atoms with van der Waals surface area (Å²) in [5.74, 6) is -0.272. The van der Waals surface area contributed by atoms with Gasteiger partial charge in [-0.3, -0.25) is 4.79 Å². The Bertz CT molecular complexity index is 1380. The lowest BCUT2D eigenvalue weighted by molar-refractivity contribution is -0.121. The molecule has 3 rings (SSSR count). The molecular weight excluding hydrogens is 497 g/mol. The van der Waals surface area contributed by atoms with Gasteiger partial charge in [0.05, 0.1) is 24.8 Å². The molecular formula is C27H28FN3O5S. The van der Waals surface area contributed by atoms with Crippen molar-refractivity contribution in [2.75, 3.05) is 20.3 Å². The van der Waals surface area contributed by atoms with E-state index >= 15 is 0 Å². The van der Waals surface area contributed by atoms with Gasteiger partial charge in [0.1, 0.15) is 12.4 Å². The molecule has 0 bridgehead atoms. The number of hydrogen-bond donors (Lipinski definition) is 1. The fourth-order valence-electron chi connectivity index (χ4n) is 3.31. The van der Waals surface area contributed by atoms with Gasteiger partial charge in [0.25, 0.3) is 5.91 Å². The largest absolute Gasteiger partial charge is 0.493 e. The van der Waals surface area contributed by atoms with Gasteiger partial charge in [0, 0.05) is 12.1 Å². The summed E-state index contributed by atoms with van der Waals surface area (Å²) in [4.78, 5) is 12.7. The molecule has 0 atom stereocenters. The second-order valence-electron chi connectivity index (χ2n) is 7.98. The van der Waals surface area contributed by atoms with Crippen LogP contribution >= 0.6 is 0 Å². The molecule has 0 heterocycles. The van der Waals surface area contributed by atoms with E-state index in [2.05, 4.69) is 17.1 Å². The summed E-state index contributed by atoms with van der Waals surface area (Å²) >= 11 is 0. The van der Waals surface area contributed by atoms with E-state index < -0.39 is 28.3 Å². The van der Waals surface area contributed by atoms with Gasteiger partial charge in [-0.15, -0.1) is 0 Å². The predicted molar refractivity (Wildman–Crippen MR) is 140 cm³/mol. The maximum atomic E-state index is 14.3. The van der Waals surface area contributed by atoms with Crippen LogP contribution in [0.5, 0.6) is 11.5 Å². The Hall–Kier alpha value is -4.02. The standard InChI is InChI=1S/C27H28FN3O5S/c1-4-15-36-25-14-11-21(16-26(25)35-3)17-29-30-27(32)19-31(18-22-7-5-6-8-24(22)28)37(33,34)23-12-9-20(2)10-13-23/h4-14,16-17H,1,15,18-19H2,2-3H3,(H,30,32)/b29-17-. The first-order chi connectivity index (χ1) is 17.7. The molecule has 8 nitrogen and oxygen atoms in total. The number of carbonyl (C=O) groups is 1. The normalized spacial score (nSPS) is 11.5. The van der Waals surface area contributed by atoms with Crippen molar-refractivity contribution in [2.45, 2.75) is 18.4 Å². The summed E-state index contributed by atoms with van der Waals surface area (Å²) in [5, 5.41) is 3.92. The summed E-state index contributed by atoms with van der Waals surface area (Å²) in [5.41, 5.74) is 3.95. The average molecular weight is 526 g/mol. The predicted octanol–water partition coefficient (Wildman–Crippen LogP) is 4.05. The van der Waals surface area contributed by atoms with Crippen molar-refractivity contribution in [2.24, 2.45) is 5.10 Å².